The Morgan fingerprint density at radius 3 is 2.40 bits per heavy atom. The van der Waals surface area contributed by atoms with E-state index in [9.17, 15) is 4.79 Å². The maximum Gasteiger partial charge on any atom is 0.232 e. The summed E-state index contributed by atoms with van der Waals surface area (Å²) in [5.74, 6) is 0.713. The number of allylic oxidation sites excluding steroid dienone is 1. The zero-order chi connectivity index (χ0) is 20.7. The van der Waals surface area contributed by atoms with Crippen LogP contribution in [0.15, 0.2) is 93.7 Å². The highest BCUT2D eigenvalue weighted by Crippen LogP contribution is 2.35. The van der Waals surface area contributed by atoms with Crippen LogP contribution < -0.4 is 4.74 Å². The number of para-hydroxylation sites is 1. The van der Waals surface area contributed by atoms with Gasteiger partial charge in [0.2, 0.25) is 5.78 Å². The van der Waals surface area contributed by atoms with Gasteiger partial charge in [-0.15, -0.1) is 0 Å². The van der Waals surface area contributed by atoms with Gasteiger partial charge in [-0.3, -0.25) is 4.79 Å². The summed E-state index contributed by atoms with van der Waals surface area (Å²) < 4.78 is 9.49. The van der Waals surface area contributed by atoms with Crippen molar-refractivity contribution in [1.82, 2.24) is 9.78 Å². The smallest absolute Gasteiger partial charge is 0.232 e. The number of Topliss-reactive ketones (excluding diaryl/α,β-unsaturated/α-hetero) is 1. The number of rotatable bonds is 3. The number of nitrogens with zero attached hydrogens (tertiary/aromatic N) is 2. The van der Waals surface area contributed by atoms with Gasteiger partial charge >= 0.3 is 0 Å². The first-order valence-electron chi connectivity index (χ1n) is 9.23. The van der Waals surface area contributed by atoms with Gasteiger partial charge in [-0.25, -0.2) is 4.68 Å². The van der Waals surface area contributed by atoms with E-state index >= 15 is 0 Å². The molecule has 4 nitrogen and oxygen atoms in total. The Morgan fingerprint density at radius 1 is 0.900 bits per heavy atom. The van der Waals surface area contributed by atoms with Crippen molar-refractivity contribution < 1.29 is 9.53 Å². The van der Waals surface area contributed by atoms with Gasteiger partial charge in [0.15, 0.2) is 5.76 Å². The van der Waals surface area contributed by atoms with E-state index in [0.29, 0.717) is 11.3 Å². The molecule has 2 heterocycles. The lowest BCUT2D eigenvalue weighted by molar-refractivity contribution is 0.101. The monoisotopic (exact) mass is 520 g/mol. The molecule has 0 spiro atoms. The quantitative estimate of drug-likeness (QED) is 0.282. The maximum atomic E-state index is 12.9. The second-order valence-corrected chi connectivity index (χ2v) is 8.63. The average Bonchev–Trinajstić information content (AvgIpc) is 3.31. The highest BCUT2D eigenvalue weighted by atomic mass is 79.9. The molecule has 0 saturated heterocycles. The maximum absolute atomic E-state index is 12.9. The molecular formula is C24H14Br2N2O2. The molecule has 0 fully saturated rings. The molecule has 146 valence electrons. The molecule has 5 rings (SSSR count). The minimum absolute atomic E-state index is 0.138. The van der Waals surface area contributed by atoms with Crippen LogP contribution in [0.25, 0.3) is 23.0 Å². The second-order valence-electron chi connectivity index (χ2n) is 6.80. The highest BCUT2D eigenvalue weighted by Gasteiger charge is 2.28. The summed E-state index contributed by atoms with van der Waals surface area (Å²) in [5, 5.41) is 4.79. The van der Waals surface area contributed by atoms with Crippen molar-refractivity contribution in [3.63, 3.8) is 0 Å². The third-order valence-electron chi connectivity index (χ3n) is 4.80. The molecule has 0 aliphatic carbocycles. The first-order chi connectivity index (χ1) is 14.6. The molecule has 30 heavy (non-hydrogen) atoms. The first-order valence-corrected chi connectivity index (χ1v) is 10.8. The van der Waals surface area contributed by atoms with Gasteiger partial charge in [0.05, 0.1) is 11.3 Å². The van der Waals surface area contributed by atoms with E-state index in [-0.39, 0.29) is 11.5 Å². The summed E-state index contributed by atoms with van der Waals surface area (Å²) in [7, 11) is 0. The molecule has 0 bridgehead atoms. The molecule has 0 unspecified atom stereocenters. The lowest BCUT2D eigenvalue weighted by Crippen LogP contribution is -1.98. The molecule has 0 radical (unpaired) electrons. The fourth-order valence-corrected chi connectivity index (χ4v) is 3.97. The van der Waals surface area contributed by atoms with Crippen LogP contribution in [0.3, 0.4) is 0 Å². The molecule has 3 aromatic carbocycles. The zero-order valence-corrected chi connectivity index (χ0v) is 18.7. The second kappa shape index (κ2) is 7.70. The van der Waals surface area contributed by atoms with Gasteiger partial charge < -0.3 is 4.74 Å². The van der Waals surface area contributed by atoms with Crippen LogP contribution in [-0.4, -0.2) is 15.6 Å². The van der Waals surface area contributed by atoms with Crippen LogP contribution in [0, 0.1) is 0 Å². The SMILES string of the molecule is O=C1/C(=C/c2cn(-c3ccccc3)nc2-c2ccc(Br)cc2)Oc2ccc(Br)cc21. The molecule has 0 saturated carbocycles. The number of benzene rings is 3. The van der Waals surface area contributed by atoms with E-state index in [2.05, 4.69) is 31.9 Å². The summed E-state index contributed by atoms with van der Waals surface area (Å²) in [6.07, 6.45) is 3.68. The number of hydrogen-bond donors (Lipinski definition) is 0. The van der Waals surface area contributed by atoms with E-state index in [0.717, 1.165) is 31.5 Å². The third kappa shape index (κ3) is 3.53. The summed E-state index contributed by atoms with van der Waals surface area (Å²) in [4.78, 5) is 12.9. The third-order valence-corrected chi connectivity index (χ3v) is 5.82. The summed E-state index contributed by atoms with van der Waals surface area (Å²) in [6.45, 7) is 0. The highest BCUT2D eigenvalue weighted by molar-refractivity contribution is 9.10. The Kier molecular flexibility index (Phi) is 4.89. The van der Waals surface area contributed by atoms with Crippen LogP contribution in [-0.2, 0) is 0 Å². The van der Waals surface area contributed by atoms with Gasteiger partial charge in [0.25, 0.3) is 0 Å². The summed E-state index contributed by atoms with van der Waals surface area (Å²) in [5.41, 5.74) is 4.01. The molecular weight excluding hydrogens is 508 g/mol. The van der Waals surface area contributed by atoms with Crippen LogP contribution in [0.5, 0.6) is 5.75 Å². The Bertz CT molecular complexity index is 1290. The Hall–Kier alpha value is -2.96. The van der Waals surface area contributed by atoms with Gasteiger partial charge in [-0.2, -0.15) is 5.10 Å². The molecule has 1 aromatic heterocycles. The van der Waals surface area contributed by atoms with Crippen molar-refractivity contribution in [1.29, 1.82) is 0 Å². The number of hydrogen-bond acceptors (Lipinski definition) is 3. The summed E-state index contributed by atoms with van der Waals surface area (Å²) >= 11 is 6.89. The van der Waals surface area contributed by atoms with Gasteiger partial charge in [-0.1, -0.05) is 62.2 Å². The van der Waals surface area contributed by atoms with Gasteiger partial charge in [0, 0.05) is 26.3 Å². The molecule has 4 aromatic rings. The first kappa shape index (κ1) is 19.0. The van der Waals surface area contributed by atoms with E-state index < -0.39 is 0 Å². The number of halogens is 2. The summed E-state index contributed by atoms with van der Waals surface area (Å²) in [6, 6.07) is 23.2. The molecule has 1 aliphatic rings. The Balaban J connectivity index is 1.62. The standard InChI is InChI=1S/C24H14Br2N2O2/c25-17-8-6-15(7-9-17)23-16(14-28(27-23)19-4-2-1-3-5-19)12-22-24(29)20-13-18(26)10-11-21(20)30-22/h1-14H/b22-12-. The van der Waals surface area contributed by atoms with Crippen molar-refractivity contribution in [2.24, 2.45) is 0 Å². The van der Waals surface area contributed by atoms with E-state index in [1.54, 1.807) is 18.2 Å². The lowest BCUT2D eigenvalue weighted by atomic mass is 10.1. The van der Waals surface area contributed by atoms with Crippen LogP contribution in [0.4, 0.5) is 0 Å². The minimum Gasteiger partial charge on any atom is -0.452 e. The molecule has 0 amide bonds. The molecule has 6 heteroatoms. The predicted molar refractivity (Wildman–Crippen MR) is 124 cm³/mol. The molecule has 0 N–H and O–H groups in total. The number of carbonyl (C=O) groups is 1. The van der Waals surface area contributed by atoms with Crippen molar-refractivity contribution in [2.75, 3.05) is 0 Å². The van der Waals surface area contributed by atoms with Crippen molar-refractivity contribution in [3.8, 4) is 22.7 Å². The van der Waals surface area contributed by atoms with E-state index in [4.69, 9.17) is 9.84 Å². The number of fused-ring (bicyclic) bond motifs is 1. The normalized spacial score (nSPS) is 14.1. The molecule has 0 atom stereocenters. The average molecular weight is 522 g/mol. The topological polar surface area (TPSA) is 44.1 Å². The van der Waals surface area contributed by atoms with Gasteiger partial charge in [-0.05, 0) is 48.5 Å². The number of ether oxygens (including phenoxy) is 1. The van der Waals surface area contributed by atoms with Crippen molar-refractivity contribution in [3.05, 3.63) is 105 Å². The van der Waals surface area contributed by atoms with Crippen molar-refractivity contribution >= 4 is 43.7 Å². The number of ketones is 1. The van der Waals surface area contributed by atoms with E-state index in [1.807, 2.05) is 71.5 Å². The van der Waals surface area contributed by atoms with Crippen molar-refractivity contribution in [2.45, 2.75) is 0 Å². The Morgan fingerprint density at radius 2 is 1.63 bits per heavy atom. The van der Waals surface area contributed by atoms with Gasteiger partial charge in [0.1, 0.15) is 11.4 Å². The number of carbonyl (C=O) groups excluding carboxylic acids is 1. The fraction of sp³-hybridized carbons (Fsp3) is 0. The zero-order valence-electron chi connectivity index (χ0n) is 15.5. The lowest BCUT2D eigenvalue weighted by Gasteiger charge is -2.01. The van der Waals surface area contributed by atoms with E-state index in [1.165, 1.54) is 0 Å². The number of aromatic nitrogens is 2. The van der Waals surface area contributed by atoms with Crippen LogP contribution in [0.1, 0.15) is 15.9 Å². The van der Waals surface area contributed by atoms with Crippen LogP contribution >= 0.6 is 31.9 Å². The fourth-order valence-electron chi connectivity index (χ4n) is 3.34. The minimum atomic E-state index is -0.138. The molecule has 1 aliphatic heterocycles. The largest absolute Gasteiger partial charge is 0.452 e. The van der Waals surface area contributed by atoms with Crippen LogP contribution in [0.2, 0.25) is 0 Å². The Labute approximate surface area is 190 Å². The predicted octanol–water partition coefficient (Wildman–Crippen LogP) is 6.68.